The smallest absolute Gasteiger partial charge is 0.0865 e. The van der Waals surface area contributed by atoms with Crippen LogP contribution in [0.15, 0.2) is 60.7 Å². The van der Waals surface area contributed by atoms with Gasteiger partial charge in [0, 0.05) is 4.83 Å². The van der Waals surface area contributed by atoms with E-state index in [2.05, 4.69) is 151 Å². The van der Waals surface area contributed by atoms with Crippen LogP contribution < -0.4 is 0 Å². The number of hydrogen-bond acceptors (Lipinski definition) is 0. The van der Waals surface area contributed by atoms with Crippen LogP contribution in [0.5, 0.6) is 0 Å². The fourth-order valence-electron chi connectivity index (χ4n) is 2.55. The van der Waals surface area contributed by atoms with Crippen molar-refractivity contribution in [3.63, 3.8) is 0 Å². The van der Waals surface area contributed by atoms with Gasteiger partial charge in [-0.3, -0.25) is 0 Å². The van der Waals surface area contributed by atoms with Crippen LogP contribution in [0.3, 0.4) is 0 Å². The second-order valence-corrected chi connectivity index (χ2v) is 14.8. The number of alkyl halides is 6. The van der Waals surface area contributed by atoms with Crippen molar-refractivity contribution in [3.8, 4) is 0 Å². The normalized spacial score (nSPS) is 14.5. The Bertz CT molecular complexity index is 614. The van der Waals surface area contributed by atoms with E-state index in [1.165, 1.54) is 0 Å². The summed E-state index contributed by atoms with van der Waals surface area (Å²) in [5.74, 6) is 0. The van der Waals surface area contributed by atoms with Gasteiger partial charge < -0.3 is 0 Å². The number of hydrogen-bond donors (Lipinski definition) is 0. The summed E-state index contributed by atoms with van der Waals surface area (Å²) in [5.41, 5.74) is 2.29. The van der Waals surface area contributed by atoms with Gasteiger partial charge in [-0.2, -0.15) is 0 Å². The SMILES string of the molecule is CCC(Br)C(Br)(Br)C(Br)(Br)C(Br)(c1ccccc1)c1ccccc1. The highest BCUT2D eigenvalue weighted by atomic mass is 79.9. The highest BCUT2D eigenvalue weighted by molar-refractivity contribution is 9.31. The lowest BCUT2D eigenvalue weighted by Crippen LogP contribution is -2.53. The lowest BCUT2D eigenvalue weighted by molar-refractivity contribution is 0.602. The van der Waals surface area contributed by atoms with E-state index in [0.717, 1.165) is 17.5 Å². The Morgan fingerprint density at radius 1 is 0.750 bits per heavy atom. The van der Waals surface area contributed by atoms with Crippen LogP contribution in [-0.4, -0.2) is 11.3 Å². The summed E-state index contributed by atoms with van der Waals surface area (Å²) >= 11 is 23.7. The molecule has 0 nitrogen and oxygen atoms in total. The first-order chi connectivity index (χ1) is 11.2. The molecule has 0 amide bonds. The monoisotopic (exact) mass is 706 g/mol. The molecule has 2 aromatic carbocycles. The van der Waals surface area contributed by atoms with Crippen molar-refractivity contribution in [2.75, 3.05) is 0 Å². The summed E-state index contributed by atoms with van der Waals surface area (Å²) in [5, 5.41) is 0. The standard InChI is InChI=1S/C18H16Br6/c1-2-15(19)17(21,22)18(23,24)16(20,13-9-5-3-6-10-13)14-11-7-4-8-12-14/h3-12,15H,2H2,1H3. The molecule has 0 N–H and O–H groups in total. The molecular formula is C18H16Br6. The molecule has 0 bridgehead atoms. The third-order valence-corrected chi connectivity index (χ3v) is 15.9. The highest BCUT2D eigenvalue weighted by Crippen LogP contribution is 2.65. The molecule has 0 fully saturated rings. The predicted molar refractivity (Wildman–Crippen MR) is 127 cm³/mol. The first kappa shape index (κ1) is 21.6. The zero-order valence-corrected chi connectivity index (χ0v) is 22.3. The van der Waals surface area contributed by atoms with Crippen molar-refractivity contribution in [1.82, 2.24) is 0 Å². The summed E-state index contributed by atoms with van der Waals surface area (Å²) < 4.78 is -1.60. The Kier molecular flexibility index (Phi) is 7.71. The quantitative estimate of drug-likeness (QED) is 0.264. The Hall–Kier alpha value is 1.32. The summed E-state index contributed by atoms with van der Waals surface area (Å²) in [4.78, 5) is 0.174. The number of benzene rings is 2. The van der Waals surface area contributed by atoms with Gasteiger partial charge in [0.25, 0.3) is 0 Å². The van der Waals surface area contributed by atoms with Gasteiger partial charge in [-0.25, -0.2) is 0 Å². The number of halogens is 6. The van der Waals surface area contributed by atoms with E-state index >= 15 is 0 Å². The molecule has 0 saturated carbocycles. The first-order valence-corrected chi connectivity index (χ1v) is 12.3. The van der Waals surface area contributed by atoms with Gasteiger partial charge in [0.15, 0.2) is 0 Å². The van der Waals surface area contributed by atoms with E-state index in [9.17, 15) is 0 Å². The van der Waals surface area contributed by atoms with Gasteiger partial charge in [0.2, 0.25) is 0 Å². The van der Waals surface area contributed by atoms with Crippen LogP contribution in [0.4, 0.5) is 0 Å². The van der Waals surface area contributed by atoms with E-state index in [0.29, 0.717) is 0 Å². The summed E-state index contributed by atoms with van der Waals surface area (Å²) in [6, 6.07) is 20.8. The predicted octanol–water partition coefficient (Wildman–Crippen LogP) is 8.47. The number of rotatable bonds is 6. The van der Waals surface area contributed by atoms with E-state index in [4.69, 9.17) is 0 Å². The third-order valence-electron chi connectivity index (χ3n) is 3.95. The van der Waals surface area contributed by atoms with E-state index in [1.54, 1.807) is 0 Å². The Balaban J connectivity index is 2.72. The summed E-state index contributed by atoms with van der Waals surface area (Å²) in [6.45, 7) is 2.15. The molecular weight excluding hydrogens is 696 g/mol. The van der Waals surface area contributed by atoms with Crippen LogP contribution in [0.2, 0.25) is 0 Å². The van der Waals surface area contributed by atoms with Crippen molar-refractivity contribution < 1.29 is 0 Å². The largest absolute Gasteiger partial charge is 0.130 e. The third kappa shape index (κ3) is 3.80. The molecule has 130 valence electrons. The Labute approximate surface area is 194 Å². The molecule has 2 aromatic rings. The maximum atomic E-state index is 4.08. The molecule has 0 spiro atoms. The van der Waals surface area contributed by atoms with Crippen molar-refractivity contribution in [2.24, 2.45) is 0 Å². The van der Waals surface area contributed by atoms with E-state index < -0.39 is 10.8 Å². The molecule has 0 aliphatic carbocycles. The zero-order chi connectivity index (χ0) is 18.0. The van der Waals surface area contributed by atoms with Gasteiger partial charge in [0.05, 0.1) is 0 Å². The van der Waals surface area contributed by atoms with Crippen LogP contribution in [0.25, 0.3) is 0 Å². The molecule has 0 aromatic heterocycles. The van der Waals surface area contributed by atoms with Gasteiger partial charge in [-0.1, -0.05) is 163 Å². The van der Waals surface area contributed by atoms with E-state index in [1.807, 2.05) is 12.1 Å². The maximum Gasteiger partial charge on any atom is 0.130 e. The van der Waals surface area contributed by atoms with Crippen LogP contribution in [0, 0.1) is 0 Å². The summed E-state index contributed by atoms with van der Waals surface area (Å²) in [7, 11) is 0. The minimum Gasteiger partial charge on any atom is -0.0865 e. The molecule has 2 rings (SSSR count). The maximum absolute atomic E-state index is 4.08. The fraction of sp³-hybridized carbons (Fsp3) is 0.333. The lowest BCUT2D eigenvalue weighted by Gasteiger charge is -2.49. The van der Waals surface area contributed by atoms with Crippen molar-refractivity contribution >= 4 is 95.6 Å². The fourth-order valence-corrected chi connectivity index (χ4v) is 7.59. The highest BCUT2D eigenvalue weighted by Gasteiger charge is 2.61. The average Bonchev–Trinajstić information content (AvgIpc) is 2.61. The zero-order valence-electron chi connectivity index (χ0n) is 12.8. The van der Waals surface area contributed by atoms with Gasteiger partial charge >= 0.3 is 0 Å². The van der Waals surface area contributed by atoms with Gasteiger partial charge in [0.1, 0.15) is 10.8 Å². The van der Waals surface area contributed by atoms with Crippen molar-refractivity contribution in [1.29, 1.82) is 0 Å². The second-order valence-electron chi connectivity index (χ2n) is 5.46. The summed E-state index contributed by atoms with van der Waals surface area (Å²) in [6.07, 6.45) is 0.947. The van der Waals surface area contributed by atoms with Crippen molar-refractivity contribution in [3.05, 3.63) is 71.8 Å². The molecule has 0 heterocycles. The minimum atomic E-state index is -0.590. The van der Waals surface area contributed by atoms with Crippen LogP contribution >= 0.6 is 95.6 Å². The average molecular weight is 712 g/mol. The first-order valence-electron chi connectivity index (χ1n) is 7.39. The molecule has 6 heteroatoms. The van der Waals surface area contributed by atoms with Gasteiger partial charge in [-0.05, 0) is 17.5 Å². The molecule has 0 radical (unpaired) electrons. The van der Waals surface area contributed by atoms with Crippen LogP contribution in [-0.2, 0) is 4.32 Å². The Morgan fingerprint density at radius 3 is 1.46 bits per heavy atom. The second kappa shape index (κ2) is 8.55. The topological polar surface area (TPSA) is 0 Å². The Morgan fingerprint density at radius 2 is 1.12 bits per heavy atom. The molecule has 0 saturated heterocycles. The molecule has 1 atom stereocenters. The van der Waals surface area contributed by atoms with E-state index in [-0.39, 0.29) is 4.83 Å². The minimum absolute atomic E-state index is 0.174. The van der Waals surface area contributed by atoms with Crippen molar-refractivity contribution in [2.45, 2.75) is 29.0 Å². The molecule has 24 heavy (non-hydrogen) atoms. The van der Waals surface area contributed by atoms with Crippen LogP contribution in [0.1, 0.15) is 24.5 Å². The molecule has 0 aliphatic rings. The lowest BCUT2D eigenvalue weighted by atomic mass is 9.86. The molecule has 0 aliphatic heterocycles. The molecule has 1 unspecified atom stereocenters. The van der Waals surface area contributed by atoms with Gasteiger partial charge in [-0.15, -0.1) is 0 Å².